The van der Waals surface area contributed by atoms with Crippen LogP contribution in [0, 0.1) is 20.8 Å². The molecule has 0 fully saturated rings. The van der Waals surface area contributed by atoms with E-state index in [0.717, 1.165) is 24.3 Å². The van der Waals surface area contributed by atoms with Crippen molar-refractivity contribution >= 4 is 17.8 Å². The fraction of sp³-hybridized carbons (Fsp3) is 0.200. The van der Waals surface area contributed by atoms with Gasteiger partial charge in [0, 0.05) is 24.3 Å². The zero-order chi connectivity index (χ0) is 20.4. The zero-order valence-corrected chi connectivity index (χ0v) is 17.1. The van der Waals surface area contributed by atoms with Crippen molar-refractivity contribution < 1.29 is 4.79 Å². The van der Waals surface area contributed by atoms with Gasteiger partial charge in [0.1, 0.15) is 0 Å². The molecule has 4 heteroatoms. The molecule has 1 aliphatic heterocycles. The van der Waals surface area contributed by atoms with E-state index < -0.39 is 0 Å². The summed E-state index contributed by atoms with van der Waals surface area (Å²) in [5.74, 6) is -0.210. The standard InChI is InChI=1S/C25H25N3O/c1-17-7-9-20(10-8-17)14-26-27-25(29)21-5-4-6-24(13-21)28-15-22-11-18(2)19(3)12-23(22)16-28/h4-14H,15-16H2,1-3H3,(H,27,29)/b26-14+. The Morgan fingerprint density at radius 2 is 1.59 bits per heavy atom. The molecule has 0 saturated carbocycles. The summed E-state index contributed by atoms with van der Waals surface area (Å²) < 4.78 is 0. The highest BCUT2D eigenvalue weighted by Gasteiger charge is 2.20. The number of nitrogens with zero attached hydrogens (tertiary/aromatic N) is 2. The first-order valence-electron chi connectivity index (χ1n) is 9.84. The van der Waals surface area contributed by atoms with E-state index in [-0.39, 0.29) is 5.91 Å². The summed E-state index contributed by atoms with van der Waals surface area (Å²) >= 11 is 0. The lowest BCUT2D eigenvalue weighted by atomic mass is 10.0. The first kappa shape index (κ1) is 18.9. The van der Waals surface area contributed by atoms with Crippen LogP contribution < -0.4 is 10.3 Å². The molecule has 0 spiro atoms. The van der Waals surface area contributed by atoms with Crippen molar-refractivity contribution in [2.75, 3.05) is 4.90 Å². The van der Waals surface area contributed by atoms with Gasteiger partial charge in [-0.1, -0.05) is 48.0 Å². The van der Waals surface area contributed by atoms with E-state index in [1.165, 1.54) is 27.8 Å². The molecule has 1 N–H and O–H groups in total. The zero-order valence-electron chi connectivity index (χ0n) is 17.1. The van der Waals surface area contributed by atoms with Crippen LogP contribution in [0.4, 0.5) is 5.69 Å². The third kappa shape index (κ3) is 4.21. The minimum Gasteiger partial charge on any atom is -0.363 e. The molecular weight excluding hydrogens is 358 g/mol. The van der Waals surface area contributed by atoms with Gasteiger partial charge in [0.2, 0.25) is 0 Å². The first-order chi connectivity index (χ1) is 14.0. The maximum absolute atomic E-state index is 12.5. The lowest BCUT2D eigenvalue weighted by Crippen LogP contribution is -2.19. The molecule has 0 saturated heterocycles. The predicted molar refractivity (Wildman–Crippen MR) is 118 cm³/mol. The summed E-state index contributed by atoms with van der Waals surface area (Å²) in [4.78, 5) is 14.8. The summed E-state index contributed by atoms with van der Waals surface area (Å²) in [5.41, 5.74) is 11.8. The number of rotatable bonds is 4. The number of hydrogen-bond donors (Lipinski definition) is 1. The molecule has 1 amide bonds. The Morgan fingerprint density at radius 3 is 2.24 bits per heavy atom. The van der Waals surface area contributed by atoms with Crippen LogP contribution in [0.25, 0.3) is 0 Å². The molecule has 0 aliphatic carbocycles. The number of anilines is 1. The Bertz CT molecular complexity index is 1050. The highest BCUT2D eigenvalue weighted by molar-refractivity contribution is 5.95. The maximum atomic E-state index is 12.5. The van der Waals surface area contributed by atoms with Crippen molar-refractivity contribution in [1.29, 1.82) is 0 Å². The highest BCUT2D eigenvalue weighted by atomic mass is 16.2. The average Bonchev–Trinajstić information content (AvgIpc) is 3.12. The van der Waals surface area contributed by atoms with Gasteiger partial charge in [-0.3, -0.25) is 4.79 Å². The van der Waals surface area contributed by atoms with Gasteiger partial charge in [-0.2, -0.15) is 5.10 Å². The number of hydrazone groups is 1. The molecule has 1 aliphatic rings. The van der Waals surface area contributed by atoms with E-state index in [1.807, 2.05) is 49.4 Å². The monoisotopic (exact) mass is 383 g/mol. The Labute approximate surface area is 171 Å². The van der Waals surface area contributed by atoms with E-state index in [1.54, 1.807) is 6.21 Å². The van der Waals surface area contributed by atoms with Crippen molar-refractivity contribution in [1.82, 2.24) is 5.43 Å². The van der Waals surface area contributed by atoms with Gasteiger partial charge in [0.05, 0.1) is 6.21 Å². The van der Waals surface area contributed by atoms with Crippen LogP contribution in [0.15, 0.2) is 65.8 Å². The molecule has 29 heavy (non-hydrogen) atoms. The number of carbonyl (C=O) groups is 1. The number of hydrogen-bond acceptors (Lipinski definition) is 3. The third-order valence-corrected chi connectivity index (χ3v) is 5.47. The molecule has 3 aromatic carbocycles. The van der Waals surface area contributed by atoms with Crippen LogP contribution in [0.3, 0.4) is 0 Å². The molecule has 0 atom stereocenters. The fourth-order valence-electron chi connectivity index (χ4n) is 3.61. The van der Waals surface area contributed by atoms with E-state index in [9.17, 15) is 4.79 Å². The molecule has 0 aromatic heterocycles. The van der Waals surface area contributed by atoms with Gasteiger partial charge in [0.25, 0.3) is 5.91 Å². The second kappa shape index (κ2) is 7.92. The molecule has 0 unspecified atom stereocenters. The molecule has 4 rings (SSSR count). The van der Waals surface area contributed by atoms with Gasteiger partial charge in [0.15, 0.2) is 0 Å². The molecule has 146 valence electrons. The second-order valence-electron chi connectivity index (χ2n) is 7.72. The largest absolute Gasteiger partial charge is 0.363 e. The Balaban J connectivity index is 1.45. The van der Waals surface area contributed by atoms with Crippen molar-refractivity contribution in [3.05, 3.63) is 99.6 Å². The van der Waals surface area contributed by atoms with Gasteiger partial charge in [-0.25, -0.2) is 5.43 Å². The number of carbonyl (C=O) groups excluding carboxylic acids is 1. The molecular formula is C25H25N3O. The van der Waals surface area contributed by atoms with E-state index >= 15 is 0 Å². The lowest BCUT2D eigenvalue weighted by Gasteiger charge is -2.18. The van der Waals surface area contributed by atoms with Crippen LogP contribution in [0.1, 0.15) is 43.7 Å². The second-order valence-corrected chi connectivity index (χ2v) is 7.72. The molecule has 0 radical (unpaired) electrons. The quantitative estimate of drug-likeness (QED) is 0.515. The fourth-order valence-corrected chi connectivity index (χ4v) is 3.61. The normalized spacial score (nSPS) is 13.0. The average molecular weight is 383 g/mol. The molecule has 1 heterocycles. The number of fused-ring (bicyclic) bond motifs is 1. The Hall–Kier alpha value is -3.40. The molecule has 4 nitrogen and oxygen atoms in total. The van der Waals surface area contributed by atoms with E-state index in [0.29, 0.717) is 5.56 Å². The summed E-state index contributed by atoms with van der Waals surface area (Å²) in [7, 11) is 0. The van der Waals surface area contributed by atoms with Crippen LogP contribution in [-0.2, 0) is 13.1 Å². The third-order valence-electron chi connectivity index (χ3n) is 5.47. The minimum atomic E-state index is -0.210. The van der Waals surface area contributed by atoms with Crippen molar-refractivity contribution in [3.8, 4) is 0 Å². The number of benzene rings is 3. The number of nitrogens with one attached hydrogen (secondary N) is 1. The van der Waals surface area contributed by atoms with Gasteiger partial charge >= 0.3 is 0 Å². The SMILES string of the molecule is Cc1ccc(/C=N/NC(=O)c2cccc(N3Cc4cc(C)c(C)cc4C3)c2)cc1. The van der Waals surface area contributed by atoms with Gasteiger partial charge < -0.3 is 4.90 Å². The first-order valence-corrected chi connectivity index (χ1v) is 9.84. The Morgan fingerprint density at radius 1 is 0.931 bits per heavy atom. The van der Waals surface area contributed by atoms with Crippen molar-refractivity contribution in [2.24, 2.45) is 5.10 Å². The van der Waals surface area contributed by atoms with Crippen LogP contribution in [-0.4, -0.2) is 12.1 Å². The summed E-state index contributed by atoms with van der Waals surface area (Å²) in [6.07, 6.45) is 1.66. The van der Waals surface area contributed by atoms with Crippen LogP contribution in [0.5, 0.6) is 0 Å². The van der Waals surface area contributed by atoms with Gasteiger partial charge in [-0.15, -0.1) is 0 Å². The number of aryl methyl sites for hydroxylation is 3. The topological polar surface area (TPSA) is 44.7 Å². The van der Waals surface area contributed by atoms with E-state index in [2.05, 4.69) is 47.5 Å². The lowest BCUT2D eigenvalue weighted by molar-refractivity contribution is 0.0955. The maximum Gasteiger partial charge on any atom is 0.271 e. The Kier molecular flexibility index (Phi) is 5.17. The summed E-state index contributed by atoms with van der Waals surface area (Å²) in [6.45, 7) is 8.08. The number of amides is 1. The minimum absolute atomic E-state index is 0.210. The predicted octanol–water partition coefficient (Wildman–Crippen LogP) is 4.90. The van der Waals surface area contributed by atoms with Gasteiger partial charge in [-0.05, 0) is 66.8 Å². The molecule has 0 bridgehead atoms. The van der Waals surface area contributed by atoms with E-state index in [4.69, 9.17) is 0 Å². The smallest absolute Gasteiger partial charge is 0.271 e. The summed E-state index contributed by atoms with van der Waals surface area (Å²) in [6, 6.07) is 20.3. The van der Waals surface area contributed by atoms with Crippen LogP contribution in [0.2, 0.25) is 0 Å². The van der Waals surface area contributed by atoms with Crippen molar-refractivity contribution in [3.63, 3.8) is 0 Å². The van der Waals surface area contributed by atoms with Crippen LogP contribution >= 0.6 is 0 Å². The summed E-state index contributed by atoms with van der Waals surface area (Å²) in [5, 5.41) is 4.09. The highest BCUT2D eigenvalue weighted by Crippen LogP contribution is 2.30. The molecule has 3 aromatic rings. The van der Waals surface area contributed by atoms with Crippen molar-refractivity contribution in [2.45, 2.75) is 33.9 Å².